The summed E-state index contributed by atoms with van der Waals surface area (Å²) in [5.74, 6) is -1.83. The summed E-state index contributed by atoms with van der Waals surface area (Å²) in [6.07, 6.45) is -6.65. The third-order valence-corrected chi connectivity index (χ3v) is 4.45. The molecule has 0 saturated carbocycles. The molecule has 9 nitrogen and oxygen atoms in total. The third-order valence-electron chi connectivity index (χ3n) is 4.45. The van der Waals surface area contributed by atoms with E-state index in [4.69, 9.17) is 19.8 Å². The van der Waals surface area contributed by atoms with Crippen LogP contribution in [0.15, 0.2) is 47.7 Å². The first-order valence-corrected chi connectivity index (χ1v) is 9.67. The lowest BCUT2D eigenvalue weighted by atomic mass is 10.1. The average molecular weight is 498 g/mol. The fraction of sp³-hybridized carbons (Fsp3) is 0.238. The number of benzene rings is 1. The lowest BCUT2D eigenvalue weighted by molar-refractivity contribution is -0.614. The first-order chi connectivity index (χ1) is 16.5. The Labute approximate surface area is 193 Å². The first kappa shape index (κ1) is 25.4. The molecule has 0 amide bonds. The van der Waals surface area contributed by atoms with Crippen molar-refractivity contribution in [3.63, 3.8) is 0 Å². The van der Waals surface area contributed by atoms with Gasteiger partial charge in [0.15, 0.2) is 11.4 Å². The highest BCUT2D eigenvalue weighted by atomic mass is 19.4. The highest BCUT2D eigenvalue weighted by Crippen LogP contribution is 2.35. The van der Waals surface area contributed by atoms with E-state index in [0.29, 0.717) is 21.7 Å². The summed E-state index contributed by atoms with van der Waals surface area (Å²) in [6.45, 7) is -0.903. The molecule has 1 aromatic carbocycles. The quantitative estimate of drug-likeness (QED) is 0.288. The second-order valence-electron chi connectivity index (χ2n) is 6.91. The van der Waals surface area contributed by atoms with Gasteiger partial charge in [0.1, 0.15) is 18.9 Å². The number of ether oxygens (including phenoxy) is 2. The number of pyridine rings is 1. The summed E-state index contributed by atoms with van der Waals surface area (Å²) in [5, 5.41) is 30.0. The van der Waals surface area contributed by atoms with Gasteiger partial charge in [-0.05, 0) is 24.3 Å². The minimum Gasteiger partial charge on any atom is -0.618 e. The molecule has 0 fully saturated rings. The molecule has 0 atom stereocenters. The van der Waals surface area contributed by atoms with Crippen molar-refractivity contribution < 1.29 is 41.3 Å². The lowest BCUT2D eigenvalue weighted by Crippen LogP contribution is -2.35. The number of halogens is 5. The minimum atomic E-state index is -5.14. The van der Waals surface area contributed by atoms with Crippen molar-refractivity contribution in [2.75, 3.05) is 13.2 Å². The fourth-order valence-corrected chi connectivity index (χ4v) is 2.91. The van der Waals surface area contributed by atoms with Gasteiger partial charge in [-0.1, -0.05) is 0 Å². The van der Waals surface area contributed by atoms with Crippen LogP contribution in [0.3, 0.4) is 0 Å². The fourth-order valence-electron chi connectivity index (χ4n) is 2.91. The highest BCUT2D eigenvalue weighted by Gasteiger charge is 2.39. The van der Waals surface area contributed by atoms with E-state index in [0.717, 1.165) is 18.3 Å². The Balaban J connectivity index is 2.04. The molecule has 0 bridgehead atoms. The molecular weight excluding hydrogens is 483 g/mol. The molecule has 184 valence electrons. The van der Waals surface area contributed by atoms with Crippen LogP contribution in [0, 0.1) is 16.5 Å². The third kappa shape index (κ3) is 6.01. The van der Waals surface area contributed by atoms with Crippen LogP contribution in [-0.4, -0.2) is 27.9 Å². The number of aliphatic hydroxyl groups is 1. The van der Waals surface area contributed by atoms with Crippen molar-refractivity contribution in [2.45, 2.75) is 19.1 Å². The number of alkyl halides is 5. The van der Waals surface area contributed by atoms with Crippen molar-refractivity contribution in [1.82, 2.24) is 9.55 Å². The topological polar surface area (TPSA) is 124 Å². The van der Waals surface area contributed by atoms with Crippen LogP contribution in [0.1, 0.15) is 28.9 Å². The molecule has 2 heterocycles. The normalized spacial score (nSPS) is 11.4. The Hall–Kier alpha value is -4.25. The van der Waals surface area contributed by atoms with Gasteiger partial charge in [0.2, 0.25) is 17.6 Å². The van der Waals surface area contributed by atoms with Gasteiger partial charge in [-0.3, -0.25) is 9.36 Å². The number of aromatic nitrogens is 3. The molecule has 0 saturated heterocycles. The molecule has 0 aliphatic heterocycles. The average Bonchev–Trinajstić information content (AvgIpc) is 2.80. The van der Waals surface area contributed by atoms with Crippen molar-refractivity contribution in [3.05, 3.63) is 80.9 Å². The monoisotopic (exact) mass is 498 g/mol. The van der Waals surface area contributed by atoms with Gasteiger partial charge in [-0.15, -0.1) is 0 Å². The van der Waals surface area contributed by atoms with Crippen molar-refractivity contribution in [2.24, 2.45) is 0 Å². The molecule has 0 unspecified atom stereocenters. The van der Waals surface area contributed by atoms with Crippen LogP contribution in [0.2, 0.25) is 0 Å². The summed E-state index contributed by atoms with van der Waals surface area (Å²) in [7, 11) is 0. The number of nitrogens with zero attached hydrogens (tertiary/aromatic N) is 4. The minimum absolute atomic E-state index is 0.0808. The molecular formula is C21H15F5N4O5. The van der Waals surface area contributed by atoms with Crippen LogP contribution >= 0.6 is 0 Å². The van der Waals surface area contributed by atoms with E-state index in [2.05, 4.69) is 4.98 Å². The maximum atomic E-state index is 13.5. The van der Waals surface area contributed by atoms with E-state index >= 15 is 0 Å². The van der Waals surface area contributed by atoms with Gasteiger partial charge in [0.05, 0.1) is 24.6 Å². The summed E-state index contributed by atoms with van der Waals surface area (Å²) >= 11 is 0. The SMILES string of the molecule is N#Cc1cc(Oc2c(C(F)(F)F)ncn(Cc3ccc(OCCO)c[n+]3[O-])c2=O)cc(C(F)F)c1. The molecule has 3 aromatic rings. The molecule has 14 heteroatoms. The van der Waals surface area contributed by atoms with Gasteiger partial charge < -0.3 is 19.8 Å². The molecule has 35 heavy (non-hydrogen) atoms. The zero-order chi connectivity index (χ0) is 25.8. The molecule has 0 aliphatic rings. The van der Waals surface area contributed by atoms with E-state index < -0.39 is 47.5 Å². The number of rotatable bonds is 8. The Bertz CT molecular complexity index is 1320. The van der Waals surface area contributed by atoms with E-state index in [-0.39, 0.29) is 30.2 Å². The van der Waals surface area contributed by atoms with E-state index in [9.17, 15) is 32.0 Å². The van der Waals surface area contributed by atoms with Crippen LogP contribution in [0.25, 0.3) is 0 Å². The Kier molecular flexibility index (Phi) is 7.50. The maximum absolute atomic E-state index is 13.5. The van der Waals surface area contributed by atoms with Crippen LogP contribution < -0.4 is 19.8 Å². The summed E-state index contributed by atoms with van der Waals surface area (Å²) in [6, 6.07) is 6.58. The molecule has 1 N–H and O–H groups in total. The van der Waals surface area contributed by atoms with Gasteiger partial charge in [0.25, 0.3) is 12.0 Å². The smallest absolute Gasteiger partial charge is 0.437 e. The Morgan fingerprint density at radius 1 is 1.23 bits per heavy atom. The van der Waals surface area contributed by atoms with Gasteiger partial charge in [-0.25, -0.2) is 13.8 Å². The number of hydrogen-bond acceptors (Lipinski definition) is 7. The largest absolute Gasteiger partial charge is 0.618 e. The Morgan fingerprint density at radius 2 is 1.97 bits per heavy atom. The van der Waals surface area contributed by atoms with Crippen LogP contribution in [0.4, 0.5) is 22.0 Å². The van der Waals surface area contributed by atoms with Crippen molar-refractivity contribution in [3.8, 4) is 23.3 Å². The lowest BCUT2D eigenvalue weighted by Gasteiger charge is -2.15. The molecule has 3 rings (SSSR count). The zero-order valence-corrected chi connectivity index (χ0v) is 17.5. The number of nitriles is 1. The van der Waals surface area contributed by atoms with E-state index in [1.807, 2.05) is 0 Å². The van der Waals surface area contributed by atoms with Gasteiger partial charge >= 0.3 is 6.18 Å². The number of aliphatic hydroxyl groups excluding tert-OH is 1. The molecule has 0 radical (unpaired) electrons. The summed E-state index contributed by atoms with van der Waals surface area (Å²) in [5.41, 5.74) is -4.18. The molecule has 0 aliphatic carbocycles. The van der Waals surface area contributed by atoms with E-state index in [1.165, 1.54) is 12.1 Å². The van der Waals surface area contributed by atoms with Crippen molar-refractivity contribution >= 4 is 0 Å². The van der Waals surface area contributed by atoms with Gasteiger partial charge in [-0.2, -0.15) is 23.2 Å². The second kappa shape index (κ2) is 10.3. The Morgan fingerprint density at radius 3 is 2.57 bits per heavy atom. The first-order valence-electron chi connectivity index (χ1n) is 9.67. The molecule has 0 spiro atoms. The van der Waals surface area contributed by atoms with E-state index in [1.54, 1.807) is 6.07 Å². The standard InChI is InChI=1S/C21H15F5N4O5/c22-19(23)13-5-12(8-27)6-16(7-13)35-17-18(21(24,25)26)28-11-29(20(17)32)9-14-1-2-15(10-30(14)33)34-4-3-31/h1-2,5-7,10-11,19,31H,3-4,9H2. The maximum Gasteiger partial charge on any atom is 0.437 e. The number of hydrogen-bond donors (Lipinski definition) is 1. The summed E-state index contributed by atoms with van der Waals surface area (Å²) in [4.78, 5) is 16.1. The summed E-state index contributed by atoms with van der Waals surface area (Å²) < 4.78 is 77.8. The second-order valence-corrected chi connectivity index (χ2v) is 6.91. The van der Waals surface area contributed by atoms with Gasteiger partial charge in [0, 0.05) is 11.6 Å². The van der Waals surface area contributed by atoms with Crippen LogP contribution in [0.5, 0.6) is 17.2 Å². The zero-order valence-electron chi connectivity index (χ0n) is 17.5. The predicted octanol–water partition coefficient (Wildman–Crippen LogP) is 2.92. The predicted molar refractivity (Wildman–Crippen MR) is 107 cm³/mol. The highest BCUT2D eigenvalue weighted by molar-refractivity contribution is 5.43. The van der Waals surface area contributed by atoms with Crippen LogP contribution in [-0.2, 0) is 12.7 Å². The molecule has 2 aromatic heterocycles. The van der Waals surface area contributed by atoms with Crippen molar-refractivity contribution in [1.29, 1.82) is 5.26 Å².